The predicted octanol–water partition coefficient (Wildman–Crippen LogP) is 1.29. The Hall–Kier alpha value is 0.112. The van der Waals surface area contributed by atoms with Crippen LogP contribution in [0.4, 0.5) is 0 Å². The Morgan fingerprint density at radius 3 is 2.60 bits per heavy atom. The molecular formula is C15H31AlN2O2. The lowest BCUT2D eigenvalue weighted by atomic mass is 9.88. The first-order chi connectivity index (χ1) is 9.34. The molecule has 0 aromatic heterocycles. The number of aliphatic hydroxyl groups is 2. The third-order valence-electron chi connectivity index (χ3n) is 4.49. The number of allylic oxidation sites excluding steroid dienone is 2. The van der Waals surface area contributed by atoms with Gasteiger partial charge < -0.3 is 15.9 Å². The summed E-state index contributed by atoms with van der Waals surface area (Å²) in [5, 5.41) is 22.7. The van der Waals surface area contributed by atoms with Gasteiger partial charge in [-0.1, -0.05) is 43.6 Å². The van der Waals surface area contributed by atoms with E-state index in [2.05, 4.69) is 38.2 Å². The molecular weight excluding hydrogens is 267 g/mol. The van der Waals surface area contributed by atoms with E-state index in [1.807, 2.05) is 0 Å². The number of hydrogen-bond donors (Lipinski definition) is 4. The van der Waals surface area contributed by atoms with Crippen molar-refractivity contribution >= 4 is 15.2 Å². The predicted molar refractivity (Wildman–Crippen MR) is 85.7 cm³/mol. The second kappa shape index (κ2) is 8.53. The fourth-order valence-corrected chi connectivity index (χ4v) is 4.47. The molecule has 4 nitrogen and oxygen atoms in total. The van der Waals surface area contributed by atoms with Crippen molar-refractivity contribution in [2.24, 2.45) is 11.7 Å². The monoisotopic (exact) mass is 298 g/mol. The molecule has 0 aliphatic heterocycles. The Kier molecular flexibility index (Phi) is 7.75. The SMILES string of the molecule is CC[C](C)(C)[AlH][CH](O)N[C@@H](CC1CC=CCC1)C(N)O. The van der Waals surface area contributed by atoms with E-state index in [4.69, 9.17) is 5.73 Å². The zero-order valence-corrected chi connectivity index (χ0v) is 14.6. The van der Waals surface area contributed by atoms with Crippen molar-refractivity contribution in [3.63, 3.8) is 0 Å². The lowest BCUT2D eigenvalue weighted by Crippen LogP contribution is -2.53. The smallest absolute Gasteiger partial charge is 0.312 e. The van der Waals surface area contributed by atoms with Gasteiger partial charge in [-0.3, -0.25) is 5.32 Å². The summed E-state index contributed by atoms with van der Waals surface area (Å²) in [6.07, 6.45) is 8.73. The van der Waals surface area contributed by atoms with E-state index in [9.17, 15) is 10.2 Å². The maximum atomic E-state index is 10.2. The first-order valence-corrected chi connectivity index (χ1v) is 9.39. The molecule has 4 atom stereocenters. The zero-order valence-electron chi connectivity index (χ0n) is 13.2. The molecule has 0 saturated carbocycles. The molecule has 20 heavy (non-hydrogen) atoms. The van der Waals surface area contributed by atoms with Gasteiger partial charge in [0.2, 0.25) is 0 Å². The van der Waals surface area contributed by atoms with Gasteiger partial charge in [-0.05, 0) is 31.6 Å². The van der Waals surface area contributed by atoms with Gasteiger partial charge in [-0.15, -0.1) is 0 Å². The van der Waals surface area contributed by atoms with Crippen LogP contribution in [-0.2, 0) is 0 Å². The molecule has 5 N–H and O–H groups in total. The van der Waals surface area contributed by atoms with Crippen LogP contribution in [0.5, 0.6) is 0 Å². The molecule has 0 radical (unpaired) electrons. The highest BCUT2D eigenvalue weighted by Gasteiger charge is 2.28. The van der Waals surface area contributed by atoms with Gasteiger partial charge in [-0.2, -0.15) is 0 Å². The third kappa shape index (κ3) is 6.71. The van der Waals surface area contributed by atoms with E-state index in [1.54, 1.807) is 0 Å². The van der Waals surface area contributed by atoms with Crippen LogP contribution in [-0.4, -0.2) is 42.8 Å². The summed E-state index contributed by atoms with van der Waals surface area (Å²) in [4.78, 5) is 0. The Morgan fingerprint density at radius 1 is 1.40 bits per heavy atom. The summed E-state index contributed by atoms with van der Waals surface area (Å²) in [5.74, 6) is 0.559. The maximum Gasteiger partial charge on any atom is 0.312 e. The third-order valence-corrected chi connectivity index (χ3v) is 6.71. The van der Waals surface area contributed by atoms with Crippen LogP contribution in [0.1, 0.15) is 52.9 Å². The van der Waals surface area contributed by atoms with Crippen LogP contribution in [0.15, 0.2) is 12.2 Å². The molecule has 0 aromatic rings. The van der Waals surface area contributed by atoms with Gasteiger partial charge >= 0.3 is 15.2 Å². The van der Waals surface area contributed by atoms with Gasteiger partial charge in [0.1, 0.15) is 6.23 Å². The number of nitrogens with two attached hydrogens (primary N) is 1. The largest absolute Gasteiger partial charge is 0.395 e. The lowest BCUT2D eigenvalue weighted by molar-refractivity contribution is 0.0849. The molecule has 116 valence electrons. The Balaban J connectivity index is 2.47. The highest BCUT2D eigenvalue weighted by Crippen LogP contribution is 2.28. The molecule has 0 saturated heterocycles. The van der Waals surface area contributed by atoms with Crippen molar-refractivity contribution in [3.8, 4) is 0 Å². The molecule has 0 bridgehead atoms. The quantitative estimate of drug-likeness (QED) is 0.309. The average Bonchev–Trinajstić information content (AvgIpc) is 2.38. The highest BCUT2D eigenvalue weighted by atomic mass is 27.1. The van der Waals surface area contributed by atoms with E-state index in [-0.39, 0.29) is 10.3 Å². The molecule has 1 aliphatic rings. The topological polar surface area (TPSA) is 78.5 Å². The Bertz CT molecular complexity index is 308. The van der Waals surface area contributed by atoms with Crippen LogP contribution in [0.25, 0.3) is 0 Å². The van der Waals surface area contributed by atoms with Gasteiger partial charge in [0.05, 0.1) is 0 Å². The van der Waals surface area contributed by atoms with Crippen molar-refractivity contribution in [2.45, 2.75) is 74.5 Å². The lowest BCUT2D eigenvalue weighted by Gasteiger charge is -2.31. The zero-order chi connectivity index (χ0) is 15.2. The minimum Gasteiger partial charge on any atom is -0.395 e. The first-order valence-electron chi connectivity index (χ1n) is 7.87. The fourth-order valence-electron chi connectivity index (χ4n) is 2.71. The van der Waals surface area contributed by atoms with Crippen LogP contribution >= 0.6 is 0 Å². The summed E-state index contributed by atoms with van der Waals surface area (Å²) in [6, 6.07) is -0.207. The number of hydrogen-bond acceptors (Lipinski definition) is 4. The van der Waals surface area contributed by atoms with Crippen LogP contribution < -0.4 is 11.1 Å². The molecule has 0 amide bonds. The molecule has 3 unspecified atom stereocenters. The van der Waals surface area contributed by atoms with Gasteiger partial charge in [-0.25, -0.2) is 0 Å². The van der Waals surface area contributed by atoms with Gasteiger partial charge in [0.15, 0.2) is 0 Å². The summed E-state index contributed by atoms with van der Waals surface area (Å²) < 4.78 is 0.226. The van der Waals surface area contributed by atoms with Crippen molar-refractivity contribution in [1.82, 2.24) is 5.32 Å². The van der Waals surface area contributed by atoms with Crippen molar-refractivity contribution in [1.29, 1.82) is 0 Å². The summed E-state index contributed by atoms with van der Waals surface area (Å²) >= 11 is -0.685. The van der Waals surface area contributed by atoms with Gasteiger partial charge in [0, 0.05) is 11.1 Å². The molecule has 1 rings (SSSR count). The second-order valence-corrected chi connectivity index (χ2v) is 9.98. The average molecular weight is 298 g/mol. The summed E-state index contributed by atoms with van der Waals surface area (Å²) in [6.45, 7) is 6.55. The Labute approximate surface area is 129 Å². The van der Waals surface area contributed by atoms with E-state index in [0.717, 1.165) is 32.1 Å². The van der Waals surface area contributed by atoms with Crippen molar-refractivity contribution < 1.29 is 10.2 Å². The molecule has 5 heteroatoms. The minimum atomic E-state index is -0.908. The molecule has 0 heterocycles. The van der Waals surface area contributed by atoms with Crippen LogP contribution in [0, 0.1) is 5.92 Å². The van der Waals surface area contributed by atoms with E-state index in [1.165, 1.54) is 0 Å². The number of aliphatic hydroxyl groups excluding tert-OH is 2. The molecule has 0 aromatic carbocycles. The van der Waals surface area contributed by atoms with Crippen molar-refractivity contribution in [3.05, 3.63) is 12.2 Å². The van der Waals surface area contributed by atoms with E-state index >= 15 is 0 Å². The molecule has 1 aliphatic carbocycles. The first kappa shape index (κ1) is 18.2. The fraction of sp³-hybridized carbons (Fsp3) is 0.867. The second-order valence-electron chi connectivity index (χ2n) is 6.89. The van der Waals surface area contributed by atoms with Crippen LogP contribution in [0.2, 0.25) is 4.28 Å². The minimum absolute atomic E-state index is 0.207. The highest BCUT2D eigenvalue weighted by molar-refractivity contribution is 6.41. The number of rotatable bonds is 8. The summed E-state index contributed by atoms with van der Waals surface area (Å²) in [7, 11) is 0. The normalized spacial score (nSPS) is 24.2. The number of nitrogens with one attached hydrogen (secondary N) is 1. The van der Waals surface area contributed by atoms with E-state index in [0.29, 0.717) is 5.92 Å². The molecule has 0 spiro atoms. The summed E-state index contributed by atoms with van der Waals surface area (Å²) in [5.41, 5.74) is 5.68. The van der Waals surface area contributed by atoms with Crippen molar-refractivity contribution in [2.75, 3.05) is 0 Å². The van der Waals surface area contributed by atoms with E-state index < -0.39 is 26.5 Å². The van der Waals surface area contributed by atoms with Gasteiger partial charge in [0.25, 0.3) is 0 Å². The Morgan fingerprint density at radius 2 is 2.10 bits per heavy atom. The van der Waals surface area contributed by atoms with Crippen LogP contribution in [0.3, 0.4) is 0 Å². The standard InChI is InChI=1S/C10H19N2O2.C5H11.Al.H/c11-10(14)9(12-7-13)6-8-4-2-1-3-5-8;1-4-5(2)3;;/h1-2,7-10,12-14H,3-6,11H2;4H2,1-3H3;;/t8?,9-,10?;;;/m0.../s1. The molecule has 0 fully saturated rings. The maximum absolute atomic E-state index is 10.2.